The lowest BCUT2D eigenvalue weighted by Gasteiger charge is -2.34. The fraction of sp³-hybridized carbons (Fsp3) is 0.556. The van der Waals surface area contributed by atoms with Gasteiger partial charge in [-0.25, -0.2) is 4.79 Å². The number of carboxylic acid groups (broad SMARTS) is 1. The van der Waals surface area contributed by atoms with Gasteiger partial charge in [0.05, 0.1) is 6.42 Å². The van der Waals surface area contributed by atoms with E-state index in [9.17, 15) is 14.7 Å². The highest BCUT2D eigenvalue weighted by atomic mass is 16.4. The van der Waals surface area contributed by atoms with Crippen molar-refractivity contribution in [3.05, 3.63) is 39.8 Å². The van der Waals surface area contributed by atoms with Gasteiger partial charge in [0.15, 0.2) is 0 Å². The molecule has 0 heterocycles. The number of carbonyl (C=O) groups excluding carboxylic acids is 1. The Hall–Kier alpha value is -2.53. The first-order chi connectivity index (χ1) is 12.0. The molecule has 7 nitrogen and oxygen atoms in total. The minimum absolute atomic E-state index is 0.130. The van der Waals surface area contributed by atoms with Crippen LogP contribution in [0.4, 0.5) is 5.69 Å². The van der Waals surface area contributed by atoms with Crippen molar-refractivity contribution in [2.75, 3.05) is 0 Å². The second-order valence-electron chi connectivity index (χ2n) is 7.03. The van der Waals surface area contributed by atoms with E-state index < -0.39 is 11.5 Å². The Balaban J connectivity index is 1.73. The lowest BCUT2D eigenvalue weighted by atomic mass is 9.81. The van der Waals surface area contributed by atoms with E-state index in [-0.39, 0.29) is 12.3 Å². The molecule has 132 valence electrons. The first-order valence-corrected chi connectivity index (χ1v) is 8.76. The van der Waals surface area contributed by atoms with Gasteiger partial charge < -0.3 is 10.4 Å². The maximum Gasteiger partial charge on any atom is 0.329 e. The smallest absolute Gasteiger partial charge is 0.329 e. The number of nitrogens with zero attached hydrogens (tertiary/aromatic N) is 3. The molecule has 2 aliphatic rings. The van der Waals surface area contributed by atoms with E-state index in [2.05, 4.69) is 15.3 Å². The molecule has 0 spiro atoms. The zero-order valence-electron chi connectivity index (χ0n) is 14.1. The molecule has 1 aromatic rings. The average molecular weight is 342 g/mol. The van der Waals surface area contributed by atoms with Crippen LogP contribution in [0.15, 0.2) is 23.3 Å². The Labute approximate surface area is 146 Å². The van der Waals surface area contributed by atoms with Crippen LogP contribution >= 0.6 is 0 Å². The summed E-state index contributed by atoms with van der Waals surface area (Å²) in [6.07, 6.45) is 5.87. The minimum Gasteiger partial charge on any atom is -0.480 e. The molecule has 7 heteroatoms. The van der Waals surface area contributed by atoms with Crippen LogP contribution in [0.5, 0.6) is 0 Å². The third-order valence-corrected chi connectivity index (χ3v) is 5.12. The molecule has 2 fully saturated rings. The van der Waals surface area contributed by atoms with Crippen LogP contribution in [-0.4, -0.2) is 22.5 Å². The van der Waals surface area contributed by atoms with Crippen LogP contribution in [0.1, 0.15) is 62.0 Å². The lowest BCUT2D eigenvalue weighted by molar-refractivity contribution is -0.149. The van der Waals surface area contributed by atoms with Gasteiger partial charge in [-0.05, 0) is 48.3 Å². The van der Waals surface area contributed by atoms with Gasteiger partial charge in [-0.3, -0.25) is 4.79 Å². The summed E-state index contributed by atoms with van der Waals surface area (Å²) in [5, 5.41) is 16.0. The van der Waals surface area contributed by atoms with Crippen molar-refractivity contribution in [1.29, 1.82) is 0 Å². The van der Waals surface area contributed by atoms with Gasteiger partial charge in [0.2, 0.25) is 5.91 Å². The number of carbonyl (C=O) groups is 2. The molecule has 25 heavy (non-hydrogen) atoms. The van der Waals surface area contributed by atoms with E-state index in [1.165, 1.54) is 0 Å². The van der Waals surface area contributed by atoms with Gasteiger partial charge in [0.1, 0.15) is 5.54 Å². The predicted octanol–water partition coefficient (Wildman–Crippen LogP) is 3.95. The van der Waals surface area contributed by atoms with Crippen LogP contribution in [0.3, 0.4) is 0 Å². The highest BCUT2D eigenvalue weighted by molar-refractivity contribution is 5.88. The number of amides is 1. The van der Waals surface area contributed by atoms with Crippen LogP contribution in [0.25, 0.3) is 10.4 Å². The average Bonchev–Trinajstić information content (AvgIpc) is 3.42. The summed E-state index contributed by atoms with van der Waals surface area (Å²) in [4.78, 5) is 27.0. The summed E-state index contributed by atoms with van der Waals surface area (Å²) in [6, 6.07) is 5.42. The van der Waals surface area contributed by atoms with Crippen molar-refractivity contribution < 1.29 is 14.7 Å². The molecule has 0 aliphatic heterocycles. The van der Waals surface area contributed by atoms with Gasteiger partial charge in [0.25, 0.3) is 0 Å². The van der Waals surface area contributed by atoms with Crippen molar-refractivity contribution in [1.82, 2.24) is 5.32 Å². The molecule has 0 bridgehead atoms. The Morgan fingerprint density at radius 2 is 2.00 bits per heavy atom. The van der Waals surface area contributed by atoms with E-state index >= 15 is 0 Å². The zero-order chi connectivity index (χ0) is 17.9. The number of aliphatic carboxylic acids is 1. The summed E-state index contributed by atoms with van der Waals surface area (Å²) >= 11 is 0. The van der Waals surface area contributed by atoms with Crippen LogP contribution < -0.4 is 5.32 Å². The molecule has 1 aromatic carbocycles. The number of hydrogen-bond donors (Lipinski definition) is 2. The quantitative estimate of drug-likeness (QED) is 0.463. The summed E-state index contributed by atoms with van der Waals surface area (Å²) in [7, 11) is 0. The van der Waals surface area contributed by atoms with Crippen molar-refractivity contribution in [2.45, 2.75) is 62.8 Å². The molecule has 0 atom stereocenters. The maximum absolute atomic E-state index is 12.4. The topological polar surface area (TPSA) is 115 Å². The van der Waals surface area contributed by atoms with E-state index in [1.807, 2.05) is 6.07 Å². The largest absolute Gasteiger partial charge is 0.480 e. The van der Waals surface area contributed by atoms with Crippen molar-refractivity contribution in [2.24, 2.45) is 5.11 Å². The molecule has 2 aliphatic carbocycles. The zero-order valence-corrected chi connectivity index (χ0v) is 14.1. The number of benzene rings is 1. The van der Waals surface area contributed by atoms with Gasteiger partial charge in [-0.1, -0.05) is 42.6 Å². The fourth-order valence-corrected chi connectivity index (χ4v) is 3.62. The molecule has 2 N–H and O–H groups in total. The van der Waals surface area contributed by atoms with Gasteiger partial charge in [0, 0.05) is 10.6 Å². The number of nitrogens with one attached hydrogen (secondary N) is 1. The third kappa shape index (κ3) is 3.94. The molecule has 0 radical (unpaired) electrons. The summed E-state index contributed by atoms with van der Waals surface area (Å²) in [5.74, 6) is -0.826. The maximum atomic E-state index is 12.4. The van der Waals surface area contributed by atoms with Crippen LogP contribution in [-0.2, 0) is 16.0 Å². The van der Waals surface area contributed by atoms with E-state index in [0.29, 0.717) is 24.4 Å². The Morgan fingerprint density at radius 3 is 2.60 bits per heavy atom. The third-order valence-electron chi connectivity index (χ3n) is 5.12. The highest BCUT2D eigenvalue weighted by Gasteiger charge is 2.40. The molecule has 0 unspecified atom stereocenters. The molecule has 3 rings (SSSR count). The van der Waals surface area contributed by atoms with Crippen molar-refractivity contribution in [3.8, 4) is 0 Å². The second-order valence-corrected chi connectivity index (χ2v) is 7.03. The molecular weight excluding hydrogens is 320 g/mol. The van der Waals surface area contributed by atoms with E-state index in [0.717, 1.165) is 43.2 Å². The van der Waals surface area contributed by atoms with Crippen LogP contribution in [0.2, 0.25) is 0 Å². The van der Waals surface area contributed by atoms with Gasteiger partial charge in [-0.2, -0.15) is 0 Å². The minimum atomic E-state index is -1.13. The standard InChI is InChI=1S/C18H22N4O3/c19-22-21-15-7-4-12(10-14(15)13-5-6-13)11-16(23)20-18(17(24)25)8-2-1-3-9-18/h4,7,10,13H,1-3,5-6,8-9,11H2,(H,20,23)(H,24,25). The van der Waals surface area contributed by atoms with Crippen LogP contribution in [0, 0.1) is 0 Å². The SMILES string of the molecule is [N-]=[N+]=Nc1ccc(CC(=O)NC2(C(=O)O)CCCCC2)cc1C1CC1. The van der Waals surface area contributed by atoms with Crippen molar-refractivity contribution in [3.63, 3.8) is 0 Å². The van der Waals surface area contributed by atoms with Gasteiger partial charge in [-0.15, -0.1) is 0 Å². The van der Waals surface area contributed by atoms with Crippen molar-refractivity contribution >= 4 is 17.6 Å². The monoisotopic (exact) mass is 342 g/mol. The summed E-state index contributed by atoms with van der Waals surface area (Å²) in [5.41, 5.74) is 9.94. The first kappa shape index (κ1) is 17.3. The molecular formula is C18H22N4O3. The highest BCUT2D eigenvalue weighted by Crippen LogP contribution is 2.44. The summed E-state index contributed by atoms with van der Waals surface area (Å²) in [6.45, 7) is 0. The van der Waals surface area contributed by atoms with Gasteiger partial charge >= 0.3 is 5.97 Å². The number of rotatable bonds is 6. The van der Waals surface area contributed by atoms with E-state index in [1.54, 1.807) is 12.1 Å². The summed E-state index contributed by atoms with van der Waals surface area (Å²) < 4.78 is 0. The Morgan fingerprint density at radius 1 is 1.28 bits per heavy atom. The molecule has 1 amide bonds. The predicted molar refractivity (Wildman–Crippen MR) is 92.5 cm³/mol. The number of hydrogen-bond acceptors (Lipinski definition) is 3. The first-order valence-electron chi connectivity index (χ1n) is 8.76. The molecule has 0 saturated heterocycles. The lowest BCUT2D eigenvalue weighted by Crippen LogP contribution is -2.55. The fourth-order valence-electron chi connectivity index (χ4n) is 3.62. The Bertz CT molecular complexity index is 730. The normalized spacial score (nSPS) is 18.9. The number of carboxylic acids is 1. The number of azide groups is 1. The molecule has 0 aromatic heterocycles. The second kappa shape index (κ2) is 7.15. The Kier molecular flexibility index (Phi) is 4.95. The molecule has 2 saturated carbocycles. The van der Waals surface area contributed by atoms with E-state index in [4.69, 9.17) is 5.53 Å².